The molecule has 10 heteroatoms. The molecule has 7 nitrogen and oxygen atoms in total. The Morgan fingerprint density at radius 2 is 0.755 bits per heavy atom. The molecule has 0 heterocycles. The van der Waals surface area contributed by atoms with Crippen LogP contribution in [0.15, 0.2) is 48.5 Å². The zero-order valence-electron chi connectivity index (χ0n) is 35.6. The summed E-state index contributed by atoms with van der Waals surface area (Å²) in [6, 6.07) is 13.8. The largest absolute Gasteiger partial charge is 1.00 e. The van der Waals surface area contributed by atoms with Gasteiger partial charge in [0.2, 0.25) is 0 Å². The van der Waals surface area contributed by atoms with Gasteiger partial charge in [-0.25, -0.2) is 0 Å². The predicted molar refractivity (Wildman–Crippen MR) is 217 cm³/mol. The van der Waals surface area contributed by atoms with Crippen LogP contribution in [0.4, 0.5) is 0 Å². The first-order chi connectivity index (χ1) is 25.0. The fourth-order valence-corrected chi connectivity index (χ4v) is 5.56. The smallest absolute Gasteiger partial charge is 1.00 e. The molecule has 2 N–H and O–H groups in total. The topological polar surface area (TPSA) is 108 Å². The van der Waals surface area contributed by atoms with Gasteiger partial charge in [-0.3, -0.25) is 4.79 Å². The van der Waals surface area contributed by atoms with E-state index in [4.69, 9.17) is 29.7 Å². The predicted octanol–water partition coefficient (Wildman–Crippen LogP) is 6.90. The van der Waals surface area contributed by atoms with Gasteiger partial charge in [-0.15, -0.1) is 0 Å². The number of ether oxygens (including phenoxy) is 2. The van der Waals surface area contributed by atoms with Crippen LogP contribution in [-0.4, -0.2) is 35.2 Å². The molecule has 0 fully saturated rings. The number of carbonyl (C=O) groups excluding carboxylic acids is 1. The summed E-state index contributed by atoms with van der Waals surface area (Å²) in [6.07, 6.45) is 32.7. The minimum atomic E-state index is -0.181. The van der Waals surface area contributed by atoms with E-state index in [2.05, 4.69) is 41.6 Å². The van der Waals surface area contributed by atoms with Crippen molar-refractivity contribution in [2.24, 2.45) is 0 Å². The van der Waals surface area contributed by atoms with Crippen molar-refractivity contribution in [2.75, 3.05) is 18.5 Å². The van der Waals surface area contributed by atoms with Crippen molar-refractivity contribution in [1.82, 2.24) is 0 Å². The molecule has 2 aromatic rings. The van der Waals surface area contributed by atoms with Gasteiger partial charge in [0.05, 0.1) is 13.2 Å². The second-order valence-corrected chi connectivity index (χ2v) is 13.8. The number of carbonyl (C=O) groups is 1. The van der Waals surface area contributed by atoms with Crippen LogP contribution in [0.25, 0.3) is 0 Å². The van der Waals surface area contributed by atoms with Crippen molar-refractivity contribution in [3.63, 3.8) is 0 Å². The van der Waals surface area contributed by atoms with Crippen molar-refractivity contribution in [3.05, 3.63) is 48.5 Å². The van der Waals surface area contributed by atoms with E-state index in [0.717, 1.165) is 37.6 Å². The Bertz CT molecular complexity index is 874. The van der Waals surface area contributed by atoms with E-state index >= 15 is 0 Å². The van der Waals surface area contributed by atoms with E-state index in [-0.39, 0.29) is 122 Å². The second-order valence-electron chi connectivity index (χ2n) is 13.0. The van der Waals surface area contributed by atoms with Gasteiger partial charge in [0, 0.05) is 5.33 Å². The molecule has 0 saturated heterocycles. The van der Waals surface area contributed by atoms with E-state index in [9.17, 15) is 0 Å². The Kier molecular flexibility index (Phi) is 60.3. The molecule has 0 unspecified atom stereocenters. The first-order valence-electron chi connectivity index (χ1n) is 20.1. The Morgan fingerprint density at radius 3 is 1.00 bits per heavy atom. The number of hydrogen-bond acceptors (Lipinski definition) is 7. The molecule has 0 aliphatic rings. The molecule has 53 heavy (non-hydrogen) atoms. The summed E-state index contributed by atoms with van der Waals surface area (Å²) < 4.78 is 11.7. The van der Waals surface area contributed by atoms with Crippen LogP contribution in [0.5, 0.6) is 23.0 Å². The maximum atomic E-state index is 8.65. The summed E-state index contributed by atoms with van der Waals surface area (Å²) >= 11 is 3.44. The van der Waals surface area contributed by atoms with Gasteiger partial charge >= 0.3 is 103 Å². The number of hydrogen-bond donors (Lipinski definition) is 2. The van der Waals surface area contributed by atoms with Gasteiger partial charge < -0.3 is 31.3 Å². The van der Waals surface area contributed by atoms with Gasteiger partial charge in [0.1, 0.15) is 23.0 Å². The minimum Gasteiger partial charge on any atom is -1.00 e. The molecule has 298 valence electrons. The zero-order chi connectivity index (χ0) is 37.9. The van der Waals surface area contributed by atoms with Crippen molar-refractivity contribution in [2.45, 2.75) is 175 Å². The van der Waals surface area contributed by atoms with Crippen LogP contribution < -0.4 is 118 Å². The summed E-state index contributed by atoms with van der Waals surface area (Å²) in [4.78, 5) is 11.2. The Balaban J connectivity index is -0.000000252. The number of rotatable bonds is 29. The van der Waals surface area contributed by atoms with Crippen LogP contribution >= 0.6 is 15.9 Å². The maximum Gasteiger partial charge on any atom is 1.00 e. The Labute approximate surface area is 420 Å². The molecular weight excluding hydrogens is 787 g/mol. The summed E-state index contributed by atoms with van der Waals surface area (Å²) in [7, 11) is 0. The van der Waals surface area contributed by atoms with Gasteiger partial charge in [0.15, 0.2) is 0 Å². The van der Waals surface area contributed by atoms with Gasteiger partial charge in [0.25, 0.3) is 6.47 Å². The number of alkyl halides is 1. The second kappa shape index (κ2) is 52.8. The zero-order valence-corrected chi connectivity index (χ0v) is 42.4. The Hall–Kier alpha value is 0.823. The number of unbranched alkanes of at least 4 members (excludes halogenated alkanes) is 21. The number of benzene rings is 2. The van der Waals surface area contributed by atoms with E-state index in [1.165, 1.54) is 171 Å². The summed E-state index contributed by atoms with van der Waals surface area (Å²) in [5.74, 6) is 2.26. The van der Waals surface area contributed by atoms with Crippen LogP contribution in [0.1, 0.15) is 176 Å². The average Bonchev–Trinajstić information content (AvgIpc) is 3.15. The minimum absolute atomic E-state index is 0. The quantitative estimate of drug-likeness (QED) is 0.0174. The molecular formula is C43H75BrK2O7. The van der Waals surface area contributed by atoms with Crippen LogP contribution in [0.2, 0.25) is 0 Å². The molecule has 0 saturated carbocycles. The fourth-order valence-electron chi connectivity index (χ4n) is 5.17. The third kappa shape index (κ3) is 50.8. The number of halogens is 1. The summed E-state index contributed by atoms with van der Waals surface area (Å²) in [5.41, 5.74) is 0. The maximum absolute atomic E-state index is 8.65. The van der Waals surface area contributed by atoms with Gasteiger partial charge in [-0.05, 0) is 67.8 Å². The van der Waals surface area contributed by atoms with Crippen LogP contribution in [-0.2, 0) is 9.68 Å². The van der Waals surface area contributed by atoms with Crippen molar-refractivity contribution < 1.29 is 139 Å². The summed E-state index contributed by atoms with van der Waals surface area (Å²) in [5, 5.41) is 26.9. The molecule has 0 aromatic heterocycles. The van der Waals surface area contributed by atoms with Crippen molar-refractivity contribution in [1.29, 1.82) is 0 Å². The van der Waals surface area contributed by atoms with Crippen molar-refractivity contribution >= 4 is 22.4 Å². The SMILES string of the molecule is CCCCCCCCCCBr.CCCCCCCCCCOc1ccc(OCCCCCCCCCC)cc1.O=CO[O-].Oc1ccc(O)cc1.[H-].[K+].[K+]. The first-order valence-corrected chi connectivity index (χ1v) is 21.2. The molecule has 2 aromatic carbocycles. The molecule has 2 rings (SSSR count). The monoisotopic (exact) mass is 860 g/mol. The fraction of sp³-hybridized carbons (Fsp3) is 0.698. The normalized spacial score (nSPS) is 9.68. The third-order valence-corrected chi connectivity index (χ3v) is 8.79. The van der Waals surface area contributed by atoms with E-state index < -0.39 is 0 Å². The first kappa shape index (κ1) is 60.5. The average molecular weight is 862 g/mol. The Morgan fingerprint density at radius 1 is 0.509 bits per heavy atom. The van der Waals surface area contributed by atoms with Crippen molar-refractivity contribution in [3.8, 4) is 23.0 Å². The van der Waals surface area contributed by atoms with Crippen LogP contribution in [0, 0.1) is 0 Å². The number of aromatic hydroxyl groups is 2. The van der Waals surface area contributed by atoms with Gasteiger partial charge in [-0.2, -0.15) is 0 Å². The summed E-state index contributed by atoms with van der Waals surface area (Å²) in [6.45, 7) is 8.28. The molecule has 0 aliphatic carbocycles. The molecule has 0 amide bonds. The van der Waals surface area contributed by atoms with E-state index in [0.29, 0.717) is 0 Å². The van der Waals surface area contributed by atoms with Gasteiger partial charge in [-0.1, -0.05) is 172 Å². The standard InChI is InChI=1S/C26H46O2.C10H21Br.C6H6O2.CH2O3.2K.H/c1-3-5-7-9-11-13-15-17-23-27-25-19-21-26(22-20-25)28-24-18-16-14-12-10-8-6-4-2;1-2-3-4-5-6-7-8-9-10-11;7-5-1-2-6(8)4-3-5;2-1-4-3;;;/h19-22H,3-18,23-24H2,1-2H3;2-10H2,1H3;1-4,7-8H;1,3H;;;/q;;;;2*+1;-1/p-1. The third-order valence-electron chi connectivity index (χ3n) is 8.23. The molecule has 0 atom stereocenters. The molecule has 0 aliphatic heterocycles. The molecule has 0 spiro atoms. The molecule has 0 radical (unpaired) electrons. The number of phenols is 2. The van der Waals surface area contributed by atoms with E-state index in [1.54, 1.807) is 0 Å². The number of phenolic OH excluding ortho intramolecular Hbond substituents is 2. The van der Waals surface area contributed by atoms with Crippen LogP contribution in [0.3, 0.4) is 0 Å². The molecule has 0 bridgehead atoms. The van der Waals surface area contributed by atoms with E-state index in [1.807, 2.05) is 24.3 Å².